The van der Waals surface area contributed by atoms with Gasteiger partial charge in [-0.05, 0) is 43.5 Å². The van der Waals surface area contributed by atoms with E-state index >= 15 is 0 Å². The van der Waals surface area contributed by atoms with Crippen LogP contribution in [0.4, 0.5) is 0 Å². The molecule has 0 bridgehead atoms. The molecule has 0 spiro atoms. The molecule has 0 aliphatic carbocycles. The number of fused-ring (bicyclic) bond motifs is 1. The molecule has 1 unspecified atom stereocenters. The van der Waals surface area contributed by atoms with Crippen LogP contribution in [-0.2, 0) is 9.59 Å². The third-order valence-corrected chi connectivity index (χ3v) is 5.20. The molecule has 7 nitrogen and oxygen atoms in total. The van der Waals surface area contributed by atoms with Crippen molar-refractivity contribution in [2.75, 3.05) is 0 Å². The van der Waals surface area contributed by atoms with Crippen molar-refractivity contribution in [2.24, 2.45) is 11.1 Å². The van der Waals surface area contributed by atoms with Crippen LogP contribution in [0.1, 0.15) is 36.2 Å². The molecule has 0 aromatic heterocycles. The number of β-lactam (4-membered cyclic amide) rings is 1. The zero-order valence-electron chi connectivity index (χ0n) is 13.3. The summed E-state index contributed by atoms with van der Waals surface area (Å²) in [6.07, 6.45) is -0.539. The van der Waals surface area contributed by atoms with Crippen LogP contribution in [0.2, 0.25) is 0 Å². The Morgan fingerprint density at radius 2 is 1.92 bits per heavy atom. The Morgan fingerprint density at radius 1 is 1.33 bits per heavy atom. The van der Waals surface area contributed by atoms with Crippen molar-refractivity contribution in [2.45, 2.75) is 32.4 Å². The van der Waals surface area contributed by atoms with Gasteiger partial charge < -0.3 is 20.8 Å². The van der Waals surface area contributed by atoms with E-state index in [-0.39, 0.29) is 17.6 Å². The summed E-state index contributed by atoms with van der Waals surface area (Å²) in [7, 11) is 0. The number of carboxylic acid groups (broad SMARTS) is 1. The number of hydrogen-bond donors (Lipinski definition) is 3. The van der Waals surface area contributed by atoms with Gasteiger partial charge in [0.25, 0.3) is 0 Å². The van der Waals surface area contributed by atoms with Gasteiger partial charge in [-0.3, -0.25) is 9.59 Å². The fourth-order valence-corrected chi connectivity index (χ4v) is 3.52. The lowest BCUT2D eigenvalue weighted by Crippen LogP contribution is -2.69. The molecule has 2 aliphatic rings. The molecule has 3 rings (SSSR count). The first-order valence-corrected chi connectivity index (χ1v) is 7.58. The largest absolute Gasteiger partial charge is 0.477 e. The Morgan fingerprint density at radius 3 is 2.38 bits per heavy atom. The molecule has 1 aromatic rings. The van der Waals surface area contributed by atoms with Gasteiger partial charge in [-0.25, -0.2) is 4.79 Å². The van der Waals surface area contributed by atoms with Crippen LogP contribution in [-0.4, -0.2) is 45.0 Å². The fourth-order valence-electron chi connectivity index (χ4n) is 3.52. The molecule has 0 saturated carbocycles. The Bertz CT molecular complexity index is 781. The fraction of sp³-hybridized carbons (Fsp3) is 0.353. The predicted molar refractivity (Wildman–Crippen MR) is 84.6 cm³/mol. The number of nitrogens with zero attached hydrogens (tertiary/aromatic N) is 1. The third-order valence-electron chi connectivity index (χ3n) is 5.20. The van der Waals surface area contributed by atoms with Crippen LogP contribution in [0.3, 0.4) is 0 Å². The summed E-state index contributed by atoms with van der Waals surface area (Å²) < 4.78 is 0. The van der Waals surface area contributed by atoms with Gasteiger partial charge in [0.15, 0.2) is 0 Å². The standard InChI is InChI=1S/C17H18N2O5/c1-8(20)17(2)12-7-11(13(15(22)23)19(12)16(17)24)9-3-5-10(6-4-9)14(18)21/h3-6,8,12,20H,7H2,1-2H3,(H2,18,21)(H,22,23)/t8-,12?,17-/m1/s1. The van der Waals surface area contributed by atoms with Crippen molar-refractivity contribution >= 4 is 23.4 Å². The summed E-state index contributed by atoms with van der Waals surface area (Å²) in [5.41, 5.74) is 5.61. The Labute approximate surface area is 138 Å². The molecule has 126 valence electrons. The van der Waals surface area contributed by atoms with Gasteiger partial charge in [0.2, 0.25) is 11.8 Å². The second-order valence-electron chi connectivity index (χ2n) is 6.43. The molecular weight excluding hydrogens is 312 g/mol. The highest BCUT2D eigenvalue weighted by molar-refractivity contribution is 6.07. The Kier molecular flexibility index (Phi) is 3.49. The maximum Gasteiger partial charge on any atom is 0.352 e. The first kappa shape index (κ1) is 16.2. The van der Waals surface area contributed by atoms with Crippen molar-refractivity contribution in [1.29, 1.82) is 0 Å². The third kappa shape index (κ3) is 1.98. The second kappa shape index (κ2) is 5.17. The van der Waals surface area contributed by atoms with Crippen molar-refractivity contribution < 1.29 is 24.6 Å². The molecule has 2 amide bonds. The topological polar surface area (TPSA) is 121 Å². The summed E-state index contributed by atoms with van der Waals surface area (Å²) in [6, 6.07) is 5.90. The van der Waals surface area contributed by atoms with E-state index in [0.717, 1.165) is 0 Å². The minimum Gasteiger partial charge on any atom is -0.477 e. The van der Waals surface area contributed by atoms with Crippen LogP contribution in [0.25, 0.3) is 5.57 Å². The number of carbonyl (C=O) groups excluding carboxylic acids is 2. The molecule has 3 atom stereocenters. The summed E-state index contributed by atoms with van der Waals surface area (Å²) in [5, 5.41) is 19.5. The number of nitrogens with two attached hydrogens (primary N) is 1. The number of hydrogen-bond acceptors (Lipinski definition) is 4. The SMILES string of the molecule is C[C@@H](O)[C@@]1(C)C(=O)N2C(C(=O)O)=C(c3ccc(C(N)=O)cc3)CC21. The predicted octanol–water partition coefficient (Wildman–Crippen LogP) is 0.583. The van der Waals surface area contributed by atoms with E-state index in [1.165, 1.54) is 24.0 Å². The monoisotopic (exact) mass is 330 g/mol. The van der Waals surface area contributed by atoms with Gasteiger partial charge in [-0.2, -0.15) is 0 Å². The average molecular weight is 330 g/mol. The van der Waals surface area contributed by atoms with Gasteiger partial charge in [-0.15, -0.1) is 0 Å². The molecule has 1 saturated heterocycles. The maximum absolute atomic E-state index is 12.4. The van der Waals surface area contributed by atoms with E-state index in [2.05, 4.69) is 0 Å². The number of amides is 2. The highest BCUT2D eigenvalue weighted by atomic mass is 16.4. The van der Waals surface area contributed by atoms with E-state index in [4.69, 9.17) is 5.73 Å². The van der Waals surface area contributed by atoms with Crippen LogP contribution < -0.4 is 5.73 Å². The van der Waals surface area contributed by atoms with Gasteiger partial charge in [0, 0.05) is 5.56 Å². The lowest BCUT2D eigenvalue weighted by atomic mass is 9.68. The molecule has 2 aliphatic heterocycles. The maximum atomic E-state index is 12.4. The van der Waals surface area contributed by atoms with Crippen molar-refractivity contribution in [3.05, 3.63) is 41.1 Å². The molecule has 4 N–H and O–H groups in total. The first-order valence-electron chi connectivity index (χ1n) is 7.58. The van der Waals surface area contributed by atoms with Crippen LogP contribution in [0, 0.1) is 5.41 Å². The average Bonchev–Trinajstić information content (AvgIpc) is 2.91. The van der Waals surface area contributed by atoms with E-state index < -0.39 is 23.4 Å². The molecule has 1 aromatic carbocycles. The van der Waals surface area contributed by atoms with Crippen molar-refractivity contribution in [3.63, 3.8) is 0 Å². The van der Waals surface area contributed by atoms with E-state index in [1.807, 2.05) is 0 Å². The normalized spacial score (nSPS) is 26.9. The van der Waals surface area contributed by atoms with Gasteiger partial charge >= 0.3 is 5.97 Å². The highest BCUT2D eigenvalue weighted by Crippen LogP contribution is 2.53. The van der Waals surface area contributed by atoms with Crippen LogP contribution in [0.15, 0.2) is 30.0 Å². The summed E-state index contributed by atoms with van der Waals surface area (Å²) in [5.74, 6) is -2.14. The number of carboxylic acids is 1. The Hall–Kier alpha value is -2.67. The number of aliphatic hydroxyl groups is 1. The molecule has 2 heterocycles. The minimum absolute atomic E-state index is 0.0602. The first-order chi connectivity index (χ1) is 11.2. The number of rotatable bonds is 4. The Balaban J connectivity index is 2.03. The smallest absolute Gasteiger partial charge is 0.352 e. The summed E-state index contributed by atoms with van der Waals surface area (Å²) >= 11 is 0. The van der Waals surface area contributed by atoms with Crippen molar-refractivity contribution in [3.8, 4) is 0 Å². The van der Waals surface area contributed by atoms with Crippen molar-refractivity contribution in [1.82, 2.24) is 4.90 Å². The molecule has 0 radical (unpaired) electrons. The molecule has 7 heteroatoms. The molecule has 1 fully saturated rings. The van der Waals surface area contributed by atoms with Gasteiger partial charge in [0.05, 0.1) is 17.6 Å². The van der Waals surface area contributed by atoms with E-state index in [1.54, 1.807) is 19.1 Å². The minimum atomic E-state index is -1.19. The second-order valence-corrected chi connectivity index (χ2v) is 6.43. The number of aliphatic carboxylic acids is 1. The number of aliphatic hydroxyl groups excluding tert-OH is 1. The van der Waals surface area contributed by atoms with E-state index in [0.29, 0.717) is 23.1 Å². The van der Waals surface area contributed by atoms with Crippen LogP contribution >= 0.6 is 0 Å². The number of primary amides is 1. The van der Waals surface area contributed by atoms with Gasteiger partial charge in [0.1, 0.15) is 5.70 Å². The van der Waals surface area contributed by atoms with E-state index in [9.17, 15) is 24.6 Å². The summed E-state index contributed by atoms with van der Waals surface area (Å²) in [4.78, 5) is 36.6. The highest BCUT2D eigenvalue weighted by Gasteiger charge is 2.64. The quantitative estimate of drug-likeness (QED) is 0.697. The lowest BCUT2D eigenvalue weighted by Gasteiger charge is -2.53. The zero-order valence-corrected chi connectivity index (χ0v) is 13.3. The molecule has 24 heavy (non-hydrogen) atoms. The zero-order chi connectivity index (χ0) is 17.8. The lowest BCUT2D eigenvalue weighted by molar-refractivity contribution is -0.177. The number of carbonyl (C=O) groups is 3. The van der Waals surface area contributed by atoms with Gasteiger partial charge in [-0.1, -0.05) is 12.1 Å². The van der Waals surface area contributed by atoms with Crippen LogP contribution in [0.5, 0.6) is 0 Å². The number of benzene rings is 1. The molecular formula is C17H18N2O5. The summed E-state index contributed by atoms with van der Waals surface area (Å²) in [6.45, 7) is 3.19.